The maximum absolute atomic E-state index is 11.0. The third-order valence-corrected chi connectivity index (χ3v) is 2.17. The molecular formula is C11H16N4O3. The van der Waals surface area contributed by atoms with Crippen LogP contribution < -0.4 is 11.1 Å². The number of furan rings is 1. The number of hydrogen-bond acceptors (Lipinski definition) is 4. The molecule has 0 unspecified atom stereocenters. The van der Waals surface area contributed by atoms with Crippen LogP contribution in [0.2, 0.25) is 1.41 Å². The molecule has 0 aromatic carbocycles. The van der Waals surface area contributed by atoms with Crippen molar-refractivity contribution in [3.8, 4) is 0 Å². The number of carboxylic acid groups (broad SMARTS) is 1. The highest BCUT2D eigenvalue weighted by Gasteiger charge is 2.14. The average molecular weight is 252 g/mol. The zero-order valence-electron chi connectivity index (χ0n) is 10.7. The fourth-order valence-electron chi connectivity index (χ4n) is 1.30. The molecule has 0 bridgehead atoms. The maximum atomic E-state index is 11.0. The van der Waals surface area contributed by atoms with Gasteiger partial charge in [0.2, 0.25) is 0 Å². The van der Waals surface area contributed by atoms with Crippen molar-refractivity contribution in [2.75, 3.05) is 6.54 Å². The summed E-state index contributed by atoms with van der Waals surface area (Å²) < 4.78 is 11.6. The molecule has 1 heterocycles. The number of rotatable bonds is 7. The zero-order chi connectivity index (χ0) is 14.1. The van der Waals surface area contributed by atoms with E-state index in [1.54, 1.807) is 12.1 Å². The molecule has 1 rings (SSSR count). The Balaban J connectivity index is 2.39. The van der Waals surface area contributed by atoms with Crippen LogP contribution in [-0.4, -0.2) is 35.8 Å². The highest BCUT2D eigenvalue weighted by Crippen LogP contribution is 2.03. The van der Waals surface area contributed by atoms with Gasteiger partial charge in [-0.25, -0.2) is 4.79 Å². The SMILES string of the molecule is [H]/N=C(\N)NCCC[C@H](N=Cc1ccco1)C(=O)O. The molecule has 1 aromatic heterocycles. The Kier molecular flexibility index (Phi) is 4.80. The molecule has 98 valence electrons. The molecule has 0 fully saturated rings. The van der Waals surface area contributed by atoms with Crippen molar-refractivity contribution >= 4 is 18.1 Å². The van der Waals surface area contributed by atoms with Gasteiger partial charge in [-0.3, -0.25) is 10.4 Å². The van der Waals surface area contributed by atoms with Crippen LogP contribution in [0.15, 0.2) is 27.8 Å². The Morgan fingerprint density at radius 3 is 3.28 bits per heavy atom. The number of nitrogens with zero attached hydrogens (tertiary/aromatic N) is 1. The van der Waals surface area contributed by atoms with E-state index in [-0.39, 0.29) is 5.96 Å². The van der Waals surface area contributed by atoms with Gasteiger partial charge in [0.05, 0.1) is 12.5 Å². The van der Waals surface area contributed by atoms with Gasteiger partial charge in [0, 0.05) is 6.54 Å². The lowest BCUT2D eigenvalue weighted by Crippen LogP contribution is -2.31. The Morgan fingerprint density at radius 2 is 2.67 bits per heavy atom. The van der Waals surface area contributed by atoms with E-state index in [0.29, 0.717) is 25.1 Å². The van der Waals surface area contributed by atoms with E-state index in [1.807, 2.05) is 0 Å². The van der Waals surface area contributed by atoms with Gasteiger partial charge in [-0.2, -0.15) is 0 Å². The Labute approximate surface area is 106 Å². The van der Waals surface area contributed by atoms with Crippen molar-refractivity contribution in [2.24, 2.45) is 10.7 Å². The van der Waals surface area contributed by atoms with Gasteiger partial charge in [0.1, 0.15) is 11.8 Å². The highest BCUT2D eigenvalue weighted by atomic mass is 16.4. The number of nitrogens with two attached hydrogens (primary N) is 1. The number of guanidine groups is 1. The quantitative estimate of drug-likeness (QED) is 0.318. The minimum atomic E-state index is -0.995. The van der Waals surface area contributed by atoms with Crippen molar-refractivity contribution in [3.05, 3.63) is 24.2 Å². The molecule has 7 heteroatoms. The minimum Gasteiger partial charge on any atom is -0.480 e. The summed E-state index contributed by atoms with van der Waals surface area (Å²) in [6.45, 7) is 0.439. The molecule has 0 amide bonds. The van der Waals surface area contributed by atoms with Crippen LogP contribution in [0.25, 0.3) is 0 Å². The van der Waals surface area contributed by atoms with E-state index < -0.39 is 12.0 Å². The molecule has 1 aromatic rings. The largest absolute Gasteiger partial charge is 0.480 e. The highest BCUT2D eigenvalue weighted by molar-refractivity contribution is 5.81. The summed E-state index contributed by atoms with van der Waals surface area (Å²) in [6, 6.07) is 2.56. The lowest BCUT2D eigenvalue weighted by Gasteiger charge is -2.07. The van der Waals surface area contributed by atoms with Crippen molar-refractivity contribution in [1.29, 1.82) is 5.40 Å². The fourth-order valence-corrected chi connectivity index (χ4v) is 1.30. The fraction of sp³-hybridized carbons (Fsp3) is 0.364. The third-order valence-electron chi connectivity index (χ3n) is 2.17. The summed E-state index contributed by atoms with van der Waals surface area (Å²) in [5, 5.41) is 14.7. The summed E-state index contributed by atoms with van der Waals surface area (Å²) in [4.78, 5) is 15.0. The van der Waals surface area contributed by atoms with Crippen LogP contribution in [-0.2, 0) is 4.79 Å². The molecule has 0 saturated heterocycles. The summed E-state index contributed by atoms with van der Waals surface area (Å²) in [7, 11) is 0. The summed E-state index contributed by atoms with van der Waals surface area (Å²) >= 11 is 0. The normalized spacial score (nSPS) is 14.4. The standard InChI is InChI=1S/C11H16N4O3/c12-11(13)14-5-1-4-9(10(16)17)15-7-8-3-2-6-18-8/h2-3,6-7,9H,1,4-5H2,(H,16,17)(H4,12,13,14)/t9-/m0/s1. The first kappa shape index (κ1) is 12.2. The van der Waals surface area contributed by atoms with Crippen LogP contribution in [0.4, 0.5) is 0 Å². The number of aliphatic carboxylic acids is 1. The second-order valence-corrected chi connectivity index (χ2v) is 3.60. The lowest BCUT2D eigenvalue weighted by atomic mass is 10.1. The number of nitrogens with one attached hydrogen (secondary N) is 2. The van der Waals surface area contributed by atoms with Crippen molar-refractivity contribution < 1.29 is 15.7 Å². The van der Waals surface area contributed by atoms with Gasteiger partial charge in [-0.05, 0) is 25.0 Å². The number of carboxylic acids is 1. The monoisotopic (exact) mass is 252 g/mol. The molecule has 0 spiro atoms. The lowest BCUT2D eigenvalue weighted by molar-refractivity contribution is -0.138. The van der Waals surface area contributed by atoms with Crippen LogP contribution in [0, 0.1) is 5.40 Å². The second-order valence-electron chi connectivity index (χ2n) is 3.60. The predicted octanol–water partition coefficient (Wildman–Crippen LogP) is 0.415. The first-order valence-corrected chi connectivity index (χ1v) is 5.44. The van der Waals surface area contributed by atoms with Gasteiger partial charge in [-0.1, -0.05) is 0 Å². The molecule has 0 aliphatic heterocycles. The van der Waals surface area contributed by atoms with Crippen LogP contribution in [0.3, 0.4) is 0 Å². The molecular weight excluding hydrogens is 236 g/mol. The molecule has 0 aliphatic carbocycles. The van der Waals surface area contributed by atoms with Crippen LogP contribution in [0.5, 0.6) is 0 Å². The summed E-state index contributed by atoms with van der Waals surface area (Å²) in [5.41, 5.74) is 5.27. The number of hydrogen-bond donors (Lipinski definition) is 4. The van der Waals surface area contributed by atoms with Gasteiger partial charge in [-0.15, -0.1) is 0 Å². The van der Waals surface area contributed by atoms with E-state index in [0.717, 1.165) is 0 Å². The minimum absolute atomic E-state index is 0.00552. The Bertz CT molecular complexity index is 445. The molecule has 5 N–H and O–H groups in total. The van der Waals surface area contributed by atoms with E-state index in [2.05, 4.69) is 15.7 Å². The zero-order valence-corrected chi connectivity index (χ0v) is 9.74. The summed E-state index contributed by atoms with van der Waals surface area (Å²) in [6.07, 6.45) is 3.78. The van der Waals surface area contributed by atoms with Crippen molar-refractivity contribution in [3.63, 3.8) is 0 Å². The molecule has 0 aliphatic rings. The first-order chi connectivity index (χ1) is 9.13. The van der Waals surface area contributed by atoms with Gasteiger partial charge in [0.15, 0.2) is 7.37 Å². The van der Waals surface area contributed by atoms with Crippen molar-refractivity contribution in [1.82, 2.24) is 5.32 Å². The Hall–Kier alpha value is -2.31. The first-order valence-electron chi connectivity index (χ1n) is 5.89. The topological polar surface area (TPSA) is 125 Å². The van der Waals surface area contributed by atoms with E-state index in [1.165, 1.54) is 12.5 Å². The van der Waals surface area contributed by atoms with Crippen molar-refractivity contribution in [2.45, 2.75) is 18.9 Å². The smallest absolute Gasteiger partial charge is 0.328 e. The maximum Gasteiger partial charge on any atom is 0.328 e. The van der Waals surface area contributed by atoms with Gasteiger partial charge >= 0.3 is 5.97 Å². The second kappa shape index (κ2) is 7.10. The number of carbonyl (C=O) groups is 1. The molecule has 7 nitrogen and oxygen atoms in total. The van der Waals surface area contributed by atoms with Crippen LogP contribution >= 0.6 is 0 Å². The van der Waals surface area contributed by atoms with E-state index in [4.69, 9.17) is 16.7 Å². The molecule has 1 atom stereocenters. The van der Waals surface area contributed by atoms with Gasteiger partial charge in [0.25, 0.3) is 0 Å². The number of aliphatic imine (C=N–C) groups is 1. The Morgan fingerprint density at radius 1 is 1.83 bits per heavy atom. The van der Waals surface area contributed by atoms with E-state index in [9.17, 15) is 4.79 Å². The summed E-state index contributed by atoms with van der Waals surface area (Å²) in [5.74, 6) is -0.481. The average Bonchev–Trinajstić information content (AvgIpc) is 2.90. The van der Waals surface area contributed by atoms with Gasteiger partial charge < -0.3 is 20.6 Å². The molecule has 18 heavy (non-hydrogen) atoms. The predicted molar refractivity (Wildman–Crippen MR) is 66.9 cm³/mol. The van der Waals surface area contributed by atoms with Crippen LogP contribution in [0.1, 0.15) is 18.6 Å². The molecule has 0 saturated carbocycles. The van der Waals surface area contributed by atoms with E-state index >= 15 is 0 Å². The molecule has 0 radical (unpaired) electrons. The third kappa shape index (κ3) is 5.15.